The van der Waals surface area contributed by atoms with Gasteiger partial charge in [-0.25, -0.2) is 0 Å². The first-order valence-corrected chi connectivity index (χ1v) is 6.14. The zero-order valence-corrected chi connectivity index (χ0v) is 10.9. The summed E-state index contributed by atoms with van der Waals surface area (Å²) in [6.07, 6.45) is 1.73. The third-order valence-electron chi connectivity index (χ3n) is 2.60. The van der Waals surface area contributed by atoms with E-state index in [0.717, 1.165) is 11.3 Å². The van der Waals surface area contributed by atoms with Crippen LogP contribution in [0.2, 0.25) is 0 Å². The van der Waals surface area contributed by atoms with E-state index in [9.17, 15) is 5.26 Å². The Hall–Kier alpha value is -2.41. The first-order chi connectivity index (χ1) is 9.20. The van der Waals surface area contributed by atoms with Crippen LogP contribution in [-0.4, -0.2) is 16.3 Å². The lowest BCUT2D eigenvalue weighted by Gasteiger charge is -2.12. The molecular weight excluding hydrogens is 238 g/mol. The number of nitriles is 1. The van der Waals surface area contributed by atoms with Crippen LogP contribution in [0.1, 0.15) is 31.0 Å². The van der Waals surface area contributed by atoms with Gasteiger partial charge in [-0.3, -0.25) is 0 Å². The Morgan fingerprint density at radius 3 is 2.42 bits per heavy atom. The predicted octanol–water partition coefficient (Wildman–Crippen LogP) is 2.92. The van der Waals surface area contributed by atoms with Crippen LogP contribution in [0.5, 0.6) is 5.75 Å². The van der Waals surface area contributed by atoms with Crippen molar-refractivity contribution < 1.29 is 4.74 Å². The number of hydrogen-bond donors (Lipinski definition) is 0. The molecule has 0 spiro atoms. The normalized spacial score (nSPS) is 11.9. The van der Waals surface area contributed by atoms with Crippen molar-refractivity contribution in [2.24, 2.45) is 0 Å². The number of rotatable bonds is 4. The van der Waals surface area contributed by atoms with Crippen LogP contribution in [0.3, 0.4) is 0 Å². The Balaban J connectivity index is 2.23. The highest BCUT2D eigenvalue weighted by Gasteiger charge is 2.15. The molecule has 0 aliphatic carbocycles. The molecule has 1 unspecified atom stereocenters. The van der Waals surface area contributed by atoms with Crippen molar-refractivity contribution >= 4 is 0 Å². The first kappa shape index (κ1) is 13.0. The van der Waals surface area contributed by atoms with E-state index in [1.807, 2.05) is 38.1 Å². The van der Waals surface area contributed by atoms with Gasteiger partial charge in [0.2, 0.25) is 0 Å². The molecular formula is C15H15N3O. The van der Waals surface area contributed by atoms with Crippen LogP contribution >= 0.6 is 0 Å². The molecule has 0 saturated carbocycles. The van der Waals surface area contributed by atoms with Crippen molar-refractivity contribution in [3.8, 4) is 11.8 Å². The molecule has 0 radical (unpaired) electrons. The van der Waals surface area contributed by atoms with Crippen LogP contribution < -0.4 is 4.74 Å². The molecule has 0 amide bonds. The smallest absolute Gasteiger partial charge is 0.119 e. The number of nitrogens with zero attached hydrogens (tertiary/aromatic N) is 3. The molecule has 96 valence electrons. The minimum atomic E-state index is -0.401. The zero-order valence-electron chi connectivity index (χ0n) is 10.9. The van der Waals surface area contributed by atoms with Crippen molar-refractivity contribution in [3.05, 3.63) is 53.9 Å². The summed E-state index contributed by atoms with van der Waals surface area (Å²) >= 11 is 0. The highest BCUT2D eigenvalue weighted by Crippen LogP contribution is 2.24. The number of aromatic nitrogens is 2. The Kier molecular flexibility index (Phi) is 4.09. The summed E-state index contributed by atoms with van der Waals surface area (Å²) in [5, 5.41) is 17.1. The van der Waals surface area contributed by atoms with Gasteiger partial charge >= 0.3 is 0 Å². The van der Waals surface area contributed by atoms with Gasteiger partial charge in [0.1, 0.15) is 11.7 Å². The second-order valence-electron chi connectivity index (χ2n) is 4.45. The molecule has 0 fully saturated rings. The maximum atomic E-state index is 9.30. The van der Waals surface area contributed by atoms with Gasteiger partial charge in [-0.05, 0) is 43.7 Å². The molecule has 0 N–H and O–H groups in total. The van der Waals surface area contributed by atoms with E-state index in [4.69, 9.17) is 4.74 Å². The molecule has 2 aromatic rings. The summed E-state index contributed by atoms with van der Waals surface area (Å²) in [6.45, 7) is 3.96. The van der Waals surface area contributed by atoms with Crippen LogP contribution in [0.4, 0.5) is 0 Å². The molecule has 0 saturated heterocycles. The van der Waals surface area contributed by atoms with Gasteiger partial charge in [-0.15, -0.1) is 0 Å². The molecule has 1 aromatic carbocycles. The third-order valence-corrected chi connectivity index (χ3v) is 2.60. The summed E-state index contributed by atoms with van der Waals surface area (Å²) in [6, 6.07) is 13.4. The predicted molar refractivity (Wildman–Crippen MR) is 71.7 cm³/mol. The van der Waals surface area contributed by atoms with Crippen molar-refractivity contribution in [1.82, 2.24) is 10.2 Å². The molecule has 2 rings (SSSR count). The topological polar surface area (TPSA) is 58.8 Å². The molecule has 0 aliphatic heterocycles. The Bertz CT molecular complexity index is 558. The van der Waals surface area contributed by atoms with Gasteiger partial charge in [-0.1, -0.05) is 12.1 Å². The lowest BCUT2D eigenvalue weighted by Crippen LogP contribution is -2.06. The summed E-state index contributed by atoms with van der Waals surface area (Å²) in [5.74, 6) is 0.399. The maximum Gasteiger partial charge on any atom is 0.119 e. The summed E-state index contributed by atoms with van der Waals surface area (Å²) in [7, 11) is 0. The van der Waals surface area contributed by atoms with Gasteiger partial charge in [0, 0.05) is 6.20 Å². The summed E-state index contributed by atoms with van der Waals surface area (Å²) < 4.78 is 5.58. The van der Waals surface area contributed by atoms with Crippen molar-refractivity contribution in [2.75, 3.05) is 0 Å². The van der Waals surface area contributed by atoms with Gasteiger partial charge in [0.25, 0.3) is 0 Å². The summed E-state index contributed by atoms with van der Waals surface area (Å²) in [5.41, 5.74) is 1.54. The Labute approximate surface area is 112 Å². The van der Waals surface area contributed by atoms with E-state index in [1.54, 1.807) is 18.3 Å². The van der Waals surface area contributed by atoms with Gasteiger partial charge in [0.15, 0.2) is 0 Å². The van der Waals surface area contributed by atoms with Crippen LogP contribution in [-0.2, 0) is 0 Å². The SMILES string of the molecule is CC(C)Oc1ccc(C(C#N)c2cccnn2)cc1. The van der Waals surface area contributed by atoms with Gasteiger partial charge in [-0.2, -0.15) is 15.5 Å². The first-order valence-electron chi connectivity index (χ1n) is 6.14. The van der Waals surface area contributed by atoms with Crippen LogP contribution in [0.25, 0.3) is 0 Å². The quantitative estimate of drug-likeness (QED) is 0.840. The number of ether oxygens (including phenoxy) is 1. The van der Waals surface area contributed by atoms with Gasteiger partial charge < -0.3 is 4.74 Å². The highest BCUT2D eigenvalue weighted by molar-refractivity contribution is 5.37. The van der Waals surface area contributed by atoms with E-state index < -0.39 is 5.92 Å². The molecule has 1 aromatic heterocycles. The van der Waals surface area contributed by atoms with Gasteiger partial charge in [0.05, 0.1) is 17.9 Å². The average Bonchev–Trinajstić information content (AvgIpc) is 2.42. The molecule has 0 bridgehead atoms. The fraction of sp³-hybridized carbons (Fsp3) is 0.267. The van der Waals surface area contributed by atoms with Crippen molar-refractivity contribution in [1.29, 1.82) is 5.26 Å². The molecule has 0 aliphatic rings. The number of benzene rings is 1. The average molecular weight is 253 g/mol. The number of hydrogen-bond acceptors (Lipinski definition) is 4. The van der Waals surface area contributed by atoms with Crippen molar-refractivity contribution in [2.45, 2.75) is 25.9 Å². The largest absolute Gasteiger partial charge is 0.491 e. The van der Waals surface area contributed by atoms with Crippen LogP contribution in [0.15, 0.2) is 42.6 Å². The third kappa shape index (κ3) is 3.29. The molecule has 4 nitrogen and oxygen atoms in total. The van der Waals surface area contributed by atoms with Crippen molar-refractivity contribution in [3.63, 3.8) is 0 Å². The molecule has 1 atom stereocenters. The molecule has 1 heterocycles. The summed E-state index contributed by atoms with van der Waals surface area (Å²) in [4.78, 5) is 0. The minimum Gasteiger partial charge on any atom is -0.491 e. The zero-order chi connectivity index (χ0) is 13.7. The van der Waals surface area contributed by atoms with E-state index in [1.165, 1.54) is 0 Å². The van der Waals surface area contributed by atoms with E-state index in [-0.39, 0.29) is 6.10 Å². The molecule has 4 heteroatoms. The van der Waals surface area contributed by atoms with E-state index >= 15 is 0 Å². The van der Waals surface area contributed by atoms with Crippen LogP contribution in [0, 0.1) is 11.3 Å². The Morgan fingerprint density at radius 2 is 1.89 bits per heavy atom. The second-order valence-corrected chi connectivity index (χ2v) is 4.45. The maximum absolute atomic E-state index is 9.30. The monoisotopic (exact) mass is 253 g/mol. The molecule has 19 heavy (non-hydrogen) atoms. The Morgan fingerprint density at radius 1 is 1.16 bits per heavy atom. The fourth-order valence-electron chi connectivity index (χ4n) is 1.79. The highest BCUT2D eigenvalue weighted by atomic mass is 16.5. The van der Waals surface area contributed by atoms with E-state index in [2.05, 4.69) is 16.3 Å². The van der Waals surface area contributed by atoms with E-state index in [0.29, 0.717) is 5.69 Å². The minimum absolute atomic E-state index is 0.137. The fourth-order valence-corrected chi connectivity index (χ4v) is 1.79. The lowest BCUT2D eigenvalue weighted by atomic mass is 9.97. The lowest BCUT2D eigenvalue weighted by molar-refractivity contribution is 0.242. The second kappa shape index (κ2) is 5.96. The standard InChI is InChI=1S/C15H15N3O/c1-11(2)19-13-7-5-12(6-8-13)14(10-16)15-4-3-9-17-18-15/h3-9,11,14H,1-2H3.